The minimum atomic E-state index is -2.57. The monoisotopic (exact) mass is 483 g/mol. The molecule has 2 aliphatic rings. The Labute approximate surface area is 206 Å². The Morgan fingerprint density at radius 2 is 1.97 bits per heavy atom. The van der Waals surface area contributed by atoms with E-state index in [-0.39, 0.29) is 24.8 Å². The van der Waals surface area contributed by atoms with E-state index in [2.05, 4.69) is 40.3 Å². The van der Waals surface area contributed by atoms with Gasteiger partial charge in [0.1, 0.15) is 0 Å². The highest BCUT2D eigenvalue weighted by molar-refractivity contribution is 5.97. The number of anilines is 1. The number of pyridine rings is 1. The molecule has 0 unspecified atom stereocenters. The molecule has 0 saturated heterocycles. The second kappa shape index (κ2) is 10.8. The van der Waals surface area contributed by atoms with Gasteiger partial charge >= 0.3 is 0 Å². The van der Waals surface area contributed by atoms with Gasteiger partial charge in [-0.3, -0.25) is 4.79 Å². The molecule has 0 bridgehead atoms. The zero-order valence-electron chi connectivity index (χ0n) is 20.9. The number of rotatable bonds is 4. The van der Waals surface area contributed by atoms with Gasteiger partial charge in [0.15, 0.2) is 0 Å². The molecule has 1 N–H and O–H groups in total. The largest absolute Gasteiger partial charge is 0.481 e. The maximum Gasteiger partial charge on any atom is 0.251 e. The van der Waals surface area contributed by atoms with Crippen molar-refractivity contribution in [3.05, 3.63) is 64.4 Å². The first-order valence-corrected chi connectivity index (χ1v) is 12.6. The van der Waals surface area contributed by atoms with Crippen molar-refractivity contribution >= 4 is 11.6 Å². The van der Waals surface area contributed by atoms with Gasteiger partial charge in [0, 0.05) is 54.5 Å². The fraction of sp³-hybridized carbons (Fsp3) is 0.500. The number of aromatic nitrogens is 1. The normalized spacial score (nSPS) is 18.5. The molecular weight excluding hydrogens is 448 g/mol. The maximum atomic E-state index is 13.8. The van der Waals surface area contributed by atoms with E-state index in [0.29, 0.717) is 43.8 Å². The van der Waals surface area contributed by atoms with E-state index < -0.39 is 5.92 Å². The van der Waals surface area contributed by atoms with Gasteiger partial charge < -0.3 is 15.0 Å². The molecule has 188 valence electrons. The van der Waals surface area contributed by atoms with Crippen LogP contribution in [-0.4, -0.2) is 36.5 Å². The maximum absolute atomic E-state index is 13.8. The van der Waals surface area contributed by atoms with Crippen LogP contribution in [0.4, 0.5) is 14.5 Å². The lowest BCUT2D eigenvalue weighted by Crippen LogP contribution is -2.41. The van der Waals surface area contributed by atoms with Crippen LogP contribution in [0, 0.1) is 6.92 Å². The van der Waals surface area contributed by atoms with Crippen molar-refractivity contribution in [2.75, 3.05) is 18.6 Å². The van der Waals surface area contributed by atoms with Gasteiger partial charge in [0.2, 0.25) is 11.8 Å². The van der Waals surface area contributed by atoms with E-state index in [0.717, 1.165) is 40.9 Å². The first-order valence-electron chi connectivity index (χ1n) is 12.6. The number of allylic oxidation sites excluding steroid dienone is 2. The fourth-order valence-electron chi connectivity index (χ4n) is 5.37. The quantitative estimate of drug-likeness (QED) is 0.561. The average Bonchev–Trinajstić information content (AvgIpc) is 2.83. The minimum absolute atomic E-state index is 0.0463. The summed E-state index contributed by atoms with van der Waals surface area (Å²) in [6.45, 7) is 5.02. The number of hydrogen-bond donors (Lipinski definition) is 1. The van der Waals surface area contributed by atoms with E-state index in [1.165, 1.54) is 0 Å². The Hall–Kier alpha value is -2.96. The number of nitrogens with zero attached hydrogens (tertiary/aromatic N) is 2. The molecule has 1 aliphatic heterocycles. The first-order chi connectivity index (χ1) is 16.8. The summed E-state index contributed by atoms with van der Waals surface area (Å²) < 4.78 is 33.2. The molecule has 4 rings (SSSR count). The van der Waals surface area contributed by atoms with E-state index in [9.17, 15) is 13.6 Å². The van der Waals surface area contributed by atoms with Crippen molar-refractivity contribution in [1.82, 2.24) is 10.3 Å². The number of carbonyl (C=O) groups excluding carboxylic acids is 1. The number of benzene rings is 1. The SMILES string of the molecule is CCN(c1cccc2c1CC=CCCc1cc(C)nc(OC)c1CNC2=O)C1CCC(F)(F)CC1. The van der Waals surface area contributed by atoms with Crippen LogP contribution in [0.1, 0.15) is 71.8 Å². The number of halogens is 2. The third-order valence-corrected chi connectivity index (χ3v) is 7.17. The molecule has 2 aromatic rings. The molecule has 5 nitrogen and oxygen atoms in total. The third-order valence-electron chi connectivity index (χ3n) is 7.17. The van der Waals surface area contributed by atoms with Gasteiger partial charge in [0.05, 0.1) is 7.11 Å². The Kier molecular flexibility index (Phi) is 7.72. The van der Waals surface area contributed by atoms with Crippen LogP contribution in [0.5, 0.6) is 5.88 Å². The Bertz CT molecular complexity index is 1090. The summed E-state index contributed by atoms with van der Waals surface area (Å²) in [5, 5.41) is 3.08. The highest BCUT2D eigenvalue weighted by Crippen LogP contribution is 2.38. The van der Waals surface area contributed by atoms with Gasteiger partial charge in [-0.1, -0.05) is 18.2 Å². The van der Waals surface area contributed by atoms with Gasteiger partial charge in [-0.25, -0.2) is 13.8 Å². The van der Waals surface area contributed by atoms with Gasteiger partial charge in [-0.15, -0.1) is 0 Å². The van der Waals surface area contributed by atoms with E-state index in [4.69, 9.17) is 4.74 Å². The molecule has 7 heteroatoms. The molecule has 1 amide bonds. The Balaban J connectivity index is 1.67. The lowest BCUT2D eigenvalue weighted by atomic mass is 9.89. The summed E-state index contributed by atoms with van der Waals surface area (Å²) in [4.78, 5) is 20.1. The molecule has 0 radical (unpaired) electrons. The number of methoxy groups -OCH3 is 1. The molecule has 1 aliphatic carbocycles. The molecule has 1 aromatic heterocycles. The molecule has 1 fully saturated rings. The number of alkyl halides is 2. The lowest BCUT2D eigenvalue weighted by Gasteiger charge is -2.39. The highest BCUT2D eigenvalue weighted by Gasteiger charge is 2.37. The third kappa shape index (κ3) is 5.65. The molecule has 2 heterocycles. The van der Waals surface area contributed by atoms with Crippen LogP contribution >= 0.6 is 0 Å². The van der Waals surface area contributed by atoms with Crippen LogP contribution in [0.25, 0.3) is 0 Å². The molecule has 1 aromatic carbocycles. The van der Waals surface area contributed by atoms with Crippen molar-refractivity contribution in [2.45, 2.75) is 77.3 Å². The molecule has 1 saturated carbocycles. The van der Waals surface area contributed by atoms with Crippen molar-refractivity contribution in [3.63, 3.8) is 0 Å². The summed E-state index contributed by atoms with van der Waals surface area (Å²) >= 11 is 0. The zero-order valence-corrected chi connectivity index (χ0v) is 20.9. The van der Waals surface area contributed by atoms with Crippen LogP contribution in [-0.2, 0) is 19.4 Å². The minimum Gasteiger partial charge on any atom is -0.481 e. The Morgan fingerprint density at radius 1 is 1.20 bits per heavy atom. The standard InChI is InChI=1S/C28H35F2N3O2/c1-4-33(21-13-15-28(29,30)16-14-21)25-12-8-11-23-22(25)10-7-5-6-9-20-17-19(2)32-27(35-3)24(20)18-31-26(23)34/h5,7-8,11-12,17,21H,4,6,9-10,13-16,18H2,1-3H3,(H,31,34). The predicted molar refractivity (Wildman–Crippen MR) is 135 cm³/mol. The van der Waals surface area contributed by atoms with E-state index >= 15 is 0 Å². The molecule has 0 atom stereocenters. The fourth-order valence-corrected chi connectivity index (χ4v) is 5.37. The number of nitrogens with one attached hydrogen (secondary N) is 1. The van der Waals surface area contributed by atoms with Crippen LogP contribution in [0.2, 0.25) is 0 Å². The summed E-state index contributed by atoms with van der Waals surface area (Å²) in [7, 11) is 1.60. The molecular formula is C28H35F2N3O2. The predicted octanol–water partition coefficient (Wildman–Crippen LogP) is 5.78. The van der Waals surface area contributed by atoms with Crippen LogP contribution in [0.3, 0.4) is 0 Å². The van der Waals surface area contributed by atoms with Crippen molar-refractivity contribution < 1.29 is 18.3 Å². The first kappa shape index (κ1) is 25.1. The van der Waals surface area contributed by atoms with Crippen molar-refractivity contribution in [3.8, 4) is 5.88 Å². The average molecular weight is 484 g/mol. The summed E-state index contributed by atoms with van der Waals surface area (Å²) in [5.74, 6) is -2.18. The van der Waals surface area contributed by atoms with E-state index in [1.807, 2.05) is 25.1 Å². The summed E-state index contributed by atoms with van der Waals surface area (Å²) in [6.07, 6.45) is 7.31. The lowest BCUT2D eigenvalue weighted by molar-refractivity contribution is -0.0380. The number of carbonyl (C=O) groups is 1. The number of ether oxygens (including phenoxy) is 1. The second-order valence-electron chi connectivity index (χ2n) is 9.48. The van der Waals surface area contributed by atoms with E-state index in [1.54, 1.807) is 7.11 Å². The number of hydrogen-bond acceptors (Lipinski definition) is 4. The smallest absolute Gasteiger partial charge is 0.251 e. The topological polar surface area (TPSA) is 54.5 Å². The molecule has 35 heavy (non-hydrogen) atoms. The van der Waals surface area contributed by atoms with Crippen LogP contribution < -0.4 is 15.0 Å². The van der Waals surface area contributed by atoms with Gasteiger partial charge in [-0.05, 0) is 75.3 Å². The second-order valence-corrected chi connectivity index (χ2v) is 9.48. The molecule has 0 spiro atoms. The van der Waals surface area contributed by atoms with Crippen molar-refractivity contribution in [2.24, 2.45) is 0 Å². The van der Waals surface area contributed by atoms with Crippen LogP contribution in [0.15, 0.2) is 36.4 Å². The number of amides is 1. The van der Waals surface area contributed by atoms with Gasteiger partial charge in [-0.2, -0.15) is 0 Å². The highest BCUT2D eigenvalue weighted by atomic mass is 19.3. The zero-order chi connectivity index (χ0) is 25.0. The van der Waals surface area contributed by atoms with Crippen molar-refractivity contribution in [1.29, 1.82) is 0 Å². The number of aryl methyl sites for hydroxylation is 2. The Morgan fingerprint density at radius 3 is 2.69 bits per heavy atom. The number of fused-ring (bicyclic) bond motifs is 2. The summed E-state index contributed by atoms with van der Waals surface area (Å²) in [5.41, 5.74) is 5.44. The van der Waals surface area contributed by atoms with Gasteiger partial charge in [0.25, 0.3) is 5.91 Å². The summed E-state index contributed by atoms with van der Waals surface area (Å²) in [6, 6.07) is 7.87.